The minimum Gasteiger partial charge on any atom is -0.444 e. The van der Waals surface area contributed by atoms with Gasteiger partial charge in [0, 0.05) is 44.7 Å². The third-order valence-corrected chi connectivity index (χ3v) is 5.30. The van der Waals surface area contributed by atoms with Crippen LogP contribution in [0.4, 0.5) is 4.79 Å². The molecular weight excluding hydrogens is 390 g/mol. The number of piperidine rings is 1. The third kappa shape index (κ3) is 8.62. The number of carbonyl (C=O) groups is 2. The summed E-state index contributed by atoms with van der Waals surface area (Å²) >= 11 is 6.13. The first-order chi connectivity index (χ1) is 13.6. The van der Waals surface area contributed by atoms with Gasteiger partial charge in [-0.2, -0.15) is 0 Å². The smallest absolute Gasteiger partial charge is 0.410 e. The Morgan fingerprint density at radius 3 is 2.72 bits per heavy atom. The van der Waals surface area contributed by atoms with Crippen LogP contribution >= 0.6 is 11.6 Å². The summed E-state index contributed by atoms with van der Waals surface area (Å²) in [4.78, 5) is 28.3. The first kappa shape index (κ1) is 23.5. The summed E-state index contributed by atoms with van der Waals surface area (Å²) in [6.07, 6.45) is 2.34. The predicted molar refractivity (Wildman–Crippen MR) is 116 cm³/mol. The highest BCUT2D eigenvalue weighted by Gasteiger charge is 2.25. The summed E-state index contributed by atoms with van der Waals surface area (Å²) in [5.41, 5.74) is 0.437. The summed E-state index contributed by atoms with van der Waals surface area (Å²) < 4.78 is 5.43. The largest absolute Gasteiger partial charge is 0.444 e. The number of halogens is 1. The summed E-state index contributed by atoms with van der Waals surface area (Å²) in [6.45, 7) is 9.34. The number of nitrogens with zero attached hydrogens (tertiary/aromatic N) is 2. The number of amides is 2. The van der Waals surface area contributed by atoms with Crippen LogP contribution in [0.15, 0.2) is 24.3 Å². The Morgan fingerprint density at radius 1 is 1.31 bits per heavy atom. The SMILES string of the molecule is CN(CC1CCCN(CCC(=O)NCc2ccccc2Cl)C1)C(=O)OC(C)(C)C. The fraction of sp³-hybridized carbons (Fsp3) is 0.636. The molecule has 1 aliphatic heterocycles. The zero-order valence-electron chi connectivity index (χ0n) is 18.0. The van der Waals surface area contributed by atoms with Crippen LogP contribution in [-0.2, 0) is 16.1 Å². The number of hydrogen-bond acceptors (Lipinski definition) is 4. The molecule has 1 saturated heterocycles. The Hall–Kier alpha value is -1.79. The van der Waals surface area contributed by atoms with Crippen molar-refractivity contribution in [3.05, 3.63) is 34.9 Å². The lowest BCUT2D eigenvalue weighted by atomic mass is 9.97. The van der Waals surface area contributed by atoms with E-state index in [1.807, 2.05) is 45.0 Å². The average Bonchev–Trinajstić information content (AvgIpc) is 2.64. The molecule has 1 N–H and O–H groups in total. The third-order valence-electron chi connectivity index (χ3n) is 4.93. The number of benzene rings is 1. The van der Waals surface area contributed by atoms with E-state index in [9.17, 15) is 9.59 Å². The second kappa shape index (κ2) is 10.8. The molecule has 1 heterocycles. The van der Waals surface area contributed by atoms with E-state index in [2.05, 4.69) is 10.2 Å². The molecule has 7 heteroatoms. The molecule has 1 aliphatic rings. The number of rotatable bonds is 7. The number of hydrogen-bond donors (Lipinski definition) is 1. The zero-order valence-corrected chi connectivity index (χ0v) is 18.8. The van der Waals surface area contributed by atoms with E-state index >= 15 is 0 Å². The van der Waals surface area contributed by atoms with Crippen LogP contribution < -0.4 is 5.32 Å². The van der Waals surface area contributed by atoms with E-state index in [4.69, 9.17) is 16.3 Å². The van der Waals surface area contributed by atoms with Crippen LogP contribution in [0.25, 0.3) is 0 Å². The minimum absolute atomic E-state index is 0.0258. The van der Waals surface area contributed by atoms with Crippen molar-refractivity contribution in [1.29, 1.82) is 0 Å². The lowest BCUT2D eigenvalue weighted by molar-refractivity contribution is -0.121. The van der Waals surface area contributed by atoms with Gasteiger partial charge in [-0.15, -0.1) is 0 Å². The second-order valence-corrected chi connectivity index (χ2v) is 9.20. The first-order valence-electron chi connectivity index (χ1n) is 10.3. The Morgan fingerprint density at radius 2 is 2.03 bits per heavy atom. The molecule has 1 unspecified atom stereocenters. The molecule has 162 valence electrons. The van der Waals surface area contributed by atoms with Gasteiger partial charge in [-0.25, -0.2) is 4.79 Å². The first-order valence-corrected chi connectivity index (χ1v) is 10.7. The highest BCUT2D eigenvalue weighted by molar-refractivity contribution is 6.31. The van der Waals surface area contributed by atoms with Gasteiger partial charge in [-0.3, -0.25) is 4.79 Å². The monoisotopic (exact) mass is 423 g/mol. The molecule has 1 aromatic rings. The predicted octanol–water partition coefficient (Wildman–Crippen LogP) is 3.93. The fourth-order valence-corrected chi connectivity index (χ4v) is 3.69. The van der Waals surface area contributed by atoms with Crippen molar-refractivity contribution in [2.45, 2.75) is 52.2 Å². The maximum atomic E-state index is 12.2. The lowest BCUT2D eigenvalue weighted by Crippen LogP contribution is -2.43. The van der Waals surface area contributed by atoms with Crippen LogP contribution in [0.2, 0.25) is 5.02 Å². The molecule has 1 atom stereocenters. The van der Waals surface area contributed by atoms with Crippen molar-refractivity contribution >= 4 is 23.6 Å². The van der Waals surface area contributed by atoms with Gasteiger partial charge in [-0.05, 0) is 57.7 Å². The molecule has 0 bridgehead atoms. The van der Waals surface area contributed by atoms with E-state index in [0.717, 1.165) is 38.0 Å². The zero-order chi connectivity index (χ0) is 21.4. The number of ether oxygens (including phenoxy) is 1. The summed E-state index contributed by atoms with van der Waals surface area (Å²) in [7, 11) is 1.79. The molecule has 2 amide bonds. The Kier molecular flexibility index (Phi) is 8.78. The lowest BCUT2D eigenvalue weighted by Gasteiger charge is -2.35. The van der Waals surface area contributed by atoms with E-state index in [1.54, 1.807) is 11.9 Å². The maximum Gasteiger partial charge on any atom is 0.410 e. The van der Waals surface area contributed by atoms with Gasteiger partial charge in [0.15, 0.2) is 0 Å². The highest BCUT2D eigenvalue weighted by atomic mass is 35.5. The summed E-state index contributed by atoms with van der Waals surface area (Å²) in [6, 6.07) is 7.53. The standard InChI is InChI=1S/C22H34ClN3O3/c1-22(2,3)29-21(28)25(4)15-17-8-7-12-26(16-17)13-11-20(27)24-14-18-9-5-6-10-19(18)23/h5-6,9-10,17H,7-8,11-16H2,1-4H3,(H,24,27). The second-order valence-electron chi connectivity index (χ2n) is 8.79. The van der Waals surface area contributed by atoms with Gasteiger partial charge >= 0.3 is 6.09 Å². The fourth-order valence-electron chi connectivity index (χ4n) is 3.49. The van der Waals surface area contributed by atoms with E-state index in [-0.39, 0.29) is 12.0 Å². The van der Waals surface area contributed by atoms with Crippen molar-refractivity contribution in [3.63, 3.8) is 0 Å². The molecule has 0 radical (unpaired) electrons. The number of carbonyl (C=O) groups excluding carboxylic acids is 2. The molecule has 0 saturated carbocycles. The van der Waals surface area contributed by atoms with Gasteiger partial charge in [0.2, 0.25) is 5.91 Å². The minimum atomic E-state index is -0.485. The van der Waals surface area contributed by atoms with Crippen molar-refractivity contribution in [3.8, 4) is 0 Å². The molecule has 0 spiro atoms. The topological polar surface area (TPSA) is 61.9 Å². The summed E-state index contributed by atoms with van der Waals surface area (Å²) in [5.74, 6) is 0.422. The van der Waals surface area contributed by atoms with Crippen molar-refractivity contribution in [1.82, 2.24) is 15.1 Å². The van der Waals surface area contributed by atoms with Crippen LogP contribution in [0.5, 0.6) is 0 Å². The number of likely N-dealkylation sites (tertiary alicyclic amines) is 1. The van der Waals surface area contributed by atoms with Crippen LogP contribution in [0, 0.1) is 5.92 Å². The molecule has 1 fully saturated rings. The Labute approximate surface area is 179 Å². The molecule has 1 aromatic carbocycles. The van der Waals surface area contributed by atoms with E-state index < -0.39 is 5.60 Å². The van der Waals surface area contributed by atoms with Crippen molar-refractivity contribution < 1.29 is 14.3 Å². The molecule has 0 aliphatic carbocycles. The van der Waals surface area contributed by atoms with Gasteiger partial charge in [0.05, 0.1) is 0 Å². The van der Waals surface area contributed by atoms with Gasteiger partial charge in [0.1, 0.15) is 5.60 Å². The van der Waals surface area contributed by atoms with Crippen molar-refractivity contribution in [2.24, 2.45) is 5.92 Å². The molecule has 29 heavy (non-hydrogen) atoms. The quantitative estimate of drug-likeness (QED) is 0.721. The van der Waals surface area contributed by atoms with Gasteiger partial charge < -0.3 is 19.9 Å². The van der Waals surface area contributed by atoms with Crippen LogP contribution in [0.3, 0.4) is 0 Å². The average molecular weight is 424 g/mol. The highest BCUT2D eigenvalue weighted by Crippen LogP contribution is 2.19. The Bertz CT molecular complexity index is 690. The van der Waals surface area contributed by atoms with Gasteiger partial charge in [0.25, 0.3) is 0 Å². The molecular formula is C22H34ClN3O3. The number of nitrogens with one attached hydrogen (secondary N) is 1. The van der Waals surface area contributed by atoms with Gasteiger partial charge in [-0.1, -0.05) is 29.8 Å². The van der Waals surface area contributed by atoms with E-state index in [0.29, 0.717) is 30.5 Å². The molecule has 6 nitrogen and oxygen atoms in total. The normalized spacial score (nSPS) is 17.6. The van der Waals surface area contributed by atoms with E-state index in [1.165, 1.54) is 0 Å². The summed E-state index contributed by atoms with van der Waals surface area (Å²) in [5, 5.41) is 3.61. The molecule has 0 aromatic heterocycles. The maximum absolute atomic E-state index is 12.2. The van der Waals surface area contributed by atoms with Crippen LogP contribution in [-0.4, -0.2) is 60.6 Å². The molecule has 2 rings (SSSR count). The van der Waals surface area contributed by atoms with Crippen molar-refractivity contribution in [2.75, 3.05) is 33.2 Å². The Balaban J connectivity index is 1.71. The van der Waals surface area contributed by atoms with Crippen LogP contribution in [0.1, 0.15) is 45.6 Å².